The Morgan fingerprint density at radius 2 is 1.71 bits per heavy atom. The van der Waals surface area contributed by atoms with E-state index in [0.29, 0.717) is 0 Å². The highest BCUT2D eigenvalue weighted by Gasteiger charge is 2.34. The van der Waals surface area contributed by atoms with Gasteiger partial charge in [-0.05, 0) is 68.0 Å². The molecule has 31 heavy (non-hydrogen) atoms. The molecule has 2 aliphatic rings. The highest BCUT2D eigenvalue weighted by Crippen LogP contribution is 2.39. The minimum atomic E-state index is -0.161. The fourth-order valence-electron chi connectivity index (χ4n) is 4.80. The van der Waals surface area contributed by atoms with Crippen molar-refractivity contribution in [3.63, 3.8) is 0 Å². The van der Waals surface area contributed by atoms with Crippen LogP contribution in [0, 0.1) is 0 Å². The molecule has 0 atom stereocenters. The molecule has 2 fully saturated rings. The van der Waals surface area contributed by atoms with Crippen LogP contribution in [-0.4, -0.2) is 32.6 Å². The summed E-state index contributed by atoms with van der Waals surface area (Å²) in [7, 11) is 0. The van der Waals surface area contributed by atoms with Crippen molar-refractivity contribution in [1.29, 1.82) is 0 Å². The van der Waals surface area contributed by atoms with Crippen LogP contribution in [0.2, 0.25) is 0 Å². The Bertz CT molecular complexity index is 1220. The number of nitrogens with two attached hydrogens (primary N) is 1. The van der Waals surface area contributed by atoms with Crippen molar-refractivity contribution >= 4 is 17.0 Å². The molecule has 6 nitrogen and oxygen atoms in total. The average Bonchev–Trinajstić information content (AvgIpc) is 3.46. The van der Waals surface area contributed by atoms with Crippen LogP contribution < -0.4 is 10.6 Å². The number of pyridine rings is 1. The fraction of sp³-hybridized carbons (Fsp3) is 0.320. The van der Waals surface area contributed by atoms with Gasteiger partial charge in [0.1, 0.15) is 0 Å². The van der Waals surface area contributed by atoms with Gasteiger partial charge in [-0.1, -0.05) is 18.2 Å². The van der Waals surface area contributed by atoms with E-state index in [0.717, 1.165) is 60.0 Å². The van der Waals surface area contributed by atoms with Gasteiger partial charge in [0.2, 0.25) is 5.95 Å². The van der Waals surface area contributed by atoms with Crippen molar-refractivity contribution in [2.24, 2.45) is 5.73 Å². The Hall–Kier alpha value is -3.25. The standard InChI is InChI=1S/C25H26N6/c26-25(11-5-12-25)19-7-9-20(10-8-19)31-22(21-6-1-2-13-27-21)16-18-17-28-24(29-23(18)31)30-14-3-4-15-30/h1-2,6-10,13,16-17H,3-5,11-12,14-15,26H2. The van der Waals surface area contributed by atoms with Gasteiger partial charge in [0.15, 0.2) is 5.65 Å². The second-order valence-corrected chi connectivity index (χ2v) is 8.78. The van der Waals surface area contributed by atoms with E-state index in [1.807, 2.05) is 30.6 Å². The van der Waals surface area contributed by atoms with Crippen LogP contribution in [0.15, 0.2) is 60.9 Å². The number of benzene rings is 1. The van der Waals surface area contributed by atoms with Crippen LogP contribution in [-0.2, 0) is 5.54 Å². The molecule has 2 N–H and O–H groups in total. The Morgan fingerprint density at radius 1 is 0.903 bits per heavy atom. The van der Waals surface area contributed by atoms with Crippen molar-refractivity contribution in [2.45, 2.75) is 37.6 Å². The molecule has 0 amide bonds. The third kappa shape index (κ3) is 3.10. The van der Waals surface area contributed by atoms with E-state index in [-0.39, 0.29) is 5.54 Å². The van der Waals surface area contributed by atoms with Crippen molar-refractivity contribution in [1.82, 2.24) is 19.5 Å². The number of anilines is 1. The summed E-state index contributed by atoms with van der Waals surface area (Å²) in [4.78, 5) is 16.5. The maximum Gasteiger partial charge on any atom is 0.227 e. The number of fused-ring (bicyclic) bond motifs is 1. The van der Waals surface area contributed by atoms with E-state index >= 15 is 0 Å². The first kappa shape index (κ1) is 18.5. The molecule has 1 saturated carbocycles. The highest BCUT2D eigenvalue weighted by molar-refractivity contribution is 5.86. The van der Waals surface area contributed by atoms with Crippen LogP contribution in [0.25, 0.3) is 28.1 Å². The molecule has 6 heteroatoms. The van der Waals surface area contributed by atoms with Crippen LogP contribution in [0.1, 0.15) is 37.7 Å². The van der Waals surface area contributed by atoms with Crippen molar-refractivity contribution in [2.75, 3.05) is 18.0 Å². The van der Waals surface area contributed by atoms with Gasteiger partial charge in [-0.25, -0.2) is 4.98 Å². The summed E-state index contributed by atoms with van der Waals surface area (Å²) in [5.74, 6) is 0.809. The smallest absolute Gasteiger partial charge is 0.227 e. The summed E-state index contributed by atoms with van der Waals surface area (Å²) in [5.41, 5.74) is 11.5. The molecule has 0 unspecified atom stereocenters. The van der Waals surface area contributed by atoms with Crippen molar-refractivity contribution < 1.29 is 0 Å². The molecular weight excluding hydrogens is 384 g/mol. The average molecular weight is 411 g/mol. The summed E-state index contributed by atoms with van der Waals surface area (Å²) in [6, 6.07) is 16.8. The first-order valence-electron chi connectivity index (χ1n) is 11.2. The molecule has 0 radical (unpaired) electrons. The molecule has 156 valence electrons. The predicted molar refractivity (Wildman–Crippen MR) is 123 cm³/mol. The first-order valence-corrected chi connectivity index (χ1v) is 11.2. The predicted octanol–water partition coefficient (Wildman–Crippen LogP) is 4.42. The molecule has 4 aromatic rings. The Kier molecular flexibility index (Phi) is 4.28. The van der Waals surface area contributed by atoms with Gasteiger partial charge < -0.3 is 10.6 Å². The third-order valence-electron chi connectivity index (χ3n) is 6.79. The molecule has 1 aromatic carbocycles. The second kappa shape index (κ2) is 7.17. The van der Waals surface area contributed by atoms with Crippen LogP contribution in [0.3, 0.4) is 0 Å². The van der Waals surface area contributed by atoms with E-state index in [1.165, 1.54) is 24.8 Å². The normalized spacial score (nSPS) is 17.8. The summed E-state index contributed by atoms with van der Waals surface area (Å²) in [6.45, 7) is 2.04. The SMILES string of the molecule is NC1(c2ccc(-n3c(-c4ccccn4)cc4cnc(N5CCCC5)nc43)cc2)CCC1. The van der Waals surface area contributed by atoms with Gasteiger partial charge in [-0.3, -0.25) is 9.55 Å². The number of nitrogens with zero attached hydrogens (tertiary/aromatic N) is 5. The monoisotopic (exact) mass is 410 g/mol. The molecule has 1 aliphatic carbocycles. The van der Waals surface area contributed by atoms with Gasteiger partial charge in [0.05, 0.1) is 11.4 Å². The zero-order valence-corrected chi connectivity index (χ0v) is 17.5. The molecule has 6 rings (SSSR count). The number of hydrogen-bond donors (Lipinski definition) is 1. The number of hydrogen-bond acceptors (Lipinski definition) is 5. The largest absolute Gasteiger partial charge is 0.341 e. The zero-order valence-electron chi connectivity index (χ0n) is 17.5. The minimum Gasteiger partial charge on any atom is -0.341 e. The molecular formula is C25H26N6. The Labute approximate surface area is 181 Å². The van der Waals surface area contributed by atoms with E-state index in [1.54, 1.807) is 0 Å². The van der Waals surface area contributed by atoms with Gasteiger partial charge in [0.25, 0.3) is 0 Å². The zero-order chi connectivity index (χ0) is 20.8. The molecule has 1 aliphatic heterocycles. The Morgan fingerprint density at radius 3 is 2.39 bits per heavy atom. The van der Waals surface area contributed by atoms with E-state index in [4.69, 9.17) is 10.7 Å². The molecule has 4 heterocycles. The summed E-state index contributed by atoms with van der Waals surface area (Å²) in [5, 5.41) is 1.02. The lowest BCUT2D eigenvalue weighted by Crippen LogP contribution is -2.43. The molecule has 3 aromatic heterocycles. The van der Waals surface area contributed by atoms with Gasteiger partial charge >= 0.3 is 0 Å². The highest BCUT2D eigenvalue weighted by atomic mass is 15.3. The first-order chi connectivity index (χ1) is 15.2. The second-order valence-electron chi connectivity index (χ2n) is 8.78. The van der Waals surface area contributed by atoms with Crippen molar-refractivity contribution in [3.8, 4) is 17.1 Å². The topological polar surface area (TPSA) is 72.9 Å². The lowest BCUT2D eigenvalue weighted by Gasteiger charge is -2.38. The summed E-state index contributed by atoms with van der Waals surface area (Å²) >= 11 is 0. The summed E-state index contributed by atoms with van der Waals surface area (Å²) < 4.78 is 2.20. The maximum absolute atomic E-state index is 6.55. The van der Waals surface area contributed by atoms with Gasteiger partial charge in [-0.2, -0.15) is 4.98 Å². The van der Waals surface area contributed by atoms with Crippen molar-refractivity contribution in [3.05, 3.63) is 66.5 Å². The quantitative estimate of drug-likeness (QED) is 0.539. The van der Waals surface area contributed by atoms with Gasteiger partial charge in [-0.15, -0.1) is 0 Å². The lowest BCUT2D eigenvalue weighted by atomic mass is 9.73. The lowest BCUT2D eigenvalue weighted by molar-refractivity contribution is 0.253. The van der Waals surface area contributed by atoms with Crippen LogP contribution in [0.4, 0.5) is 5.95 Å². The third-order valence-corrected chi connectivity index (χ3v) is 6.79. The van der Waals surface area contributed by atoms with E-state index in [2.05, 4.69) is 49.8 Å². The van der Waals surface area contributed by atoms with E-state index < -0.39 is 0 Å². The fourth-order valence-corrected chi connectivity index (χ4v) is 4.80. The van der Waals surface area contributed by atoms with Gasteiger partial charge in [0, 0.05) is 42.1 Å². The number of rotatable bonds is 4. The maximum atomic E-state index is 6.55. The van der Waals surface area contributed by atoms with Crippen LogP contribution >= 0.6 is 0 Å². The molecule has 1 saturated heterocycles. The molecule has 0 spiro atoms. The number of aromatic nitrogens is 4. The van der Waals surface area contributed by atoms with Crippen LogP contribution in [0.5, 0.6) is 0 Å². The Balaban J connectivity index is 1.52. The summed E-state index contributed by atoms with van der Waals surface area (Å²) in [6.07, 6.45) is 9.50. The minimum absolute atomic E-state index is 0.161. The van der Waals surface area contributed by atoms with E-state index in [9.17, 15) is 0 Å². The molecule has 0 bridgehead atoms.